The second-order valence-corrected chi connectivity index (χ2v) is 8.64. The third-order valence-electron chi connectivity index (χ3n) is 5.87. The molecule has 30 heavy (non-hydrogen) atoms. The Kier molecular flexibility index (Phi) is 6.18. The van der Waals surface area contributed by atoms with Crippen LogP contribution in [0.4, 0.5) is 0 Å². The maximum Gasteiger partial charge on any atom is 0.262 e. The summed E-state index contributed by atoms with van der Waals surface area (Å²) in [5, 5.41) is 0. The van der Waals surface area contributed by atoms with Crippen molar-refractivity contribution in [1.29, 1.82) is 0 Å². The Hall–Kier alpha value is -2.67. The first-order valence-electron chi connectivity index (χ1n) is 10.3. The fourth-order valence-electron chi connectivity index (χ4n) is 4.39. The highest BCUT2D eigenvalue weighted by Crippen LogP contribution is 2.33. The number of rotatable bonds is 6. The zero-order valence-corrected chi connectivity index (χ0v) is 17.8. The molecular formula is C23H25N3O3S. The van der Waals surface area contributed by atoms with Gasteiger partial charge in [0.15, 0.2) is 0 Å². The van der Waals surface area contributed by atoms with Crippen molar-refractivity contribution >= 4 is 29.5 Å². The predicted molar refractivity (Wildman–Crippen MR) is 116 cm³/mol. The first-order chi connectivity index (χ1) is 14.6. The van der Waals surface area contributed by atoms with Gasteiger partial charge in [0.05, 0.1) is 17.2 Å². The van der Waals surface area contributed by atoms with Crippen LogP contribution in [0.5, 0.6) is 0 Å². The lowest BCUT2D eigenvalue weighted by Crippen LogP contribution is -2.53. The SMILES string of the molecule is CSCC[C@@H](C(=O)N1CCCC[C@H]1c1cccnc1)N1C(=O)c2ccccc2C1=O. The van der Waals surface area contributed by atoms with Gasteiger partial charge in [-0.3, -0.25) is 24.3 Å². The van der Waals surface area contributed by atoms with Crippen LogP contribution in [0.25, 0.3) is 0 Å². The Bertz CT molecular complexity index is 915. The summed E-state index contributed by atoms with van der Waals surface area (Å²) >= 11 is 1.61. The second kappa shape index (κ2) is 9.00. The van der Waals surface area contributed by atoms with E-state index < -0.39 is 6.04 Å². The van der Waals surface area contributed by atoms with E-state index in [9.17, 15) is 14.4 Å². The number of thioether (sulfide) groups is 1. The van der Waals surface area contributed by atoms with Crippen LogP contribution in [0.1, 0.15) is 58.0 Å². The molecule has 0 aliphatic carbocycles. The lowest BCUT2D eigenvalue weighted by molar-refractivity contribution is -0.139. The zero-order chi connectivity index (χ0) is 21.1. The number of nitrogens with zero attached hydrogens (tertiary/aromatic N) is 3. The van der Waals surface area contributed by atoms with Crippen LogP contribution in [0.3, 0.4) is 0 Å². The van der Waals surface area contributed by atoms with Crippen molar-refractivity contribution in [3.05, 3.63) is 65.5 Å². The van der Waals surface area contributed by atoms with Gasteiger partial charge in [0.1, 0.15) is 6.04 Å². The number of hydrogen-bond donors (Lipinski definition) is 0. The predicted octanol–water partition coefficient (Wildman–Crippen LogP) is 3.55. The molecule has 3 heterocycles. The third kappa shape index (κ3) is 3.74. The van der Waals surface area contributed by atoms with Crippen LogP contribution in [-0.2, 0) is 4.79 Å². The molecule has 0 saturated carbocycles. The number of likely N-dealkylation sites (tertiary alicyclic amines) is 1. The molecule has 156 valence electrons. The first kappa shape index (κ1) is 20.6. The summed E-state index contributed by atoms with van der Waals surface area (Å²) in [6.45, 7) is 0.622. The van der Waals surface area contributed by atoms with E-state index in [-0.39, 0.29) is 23.8 Å². The molecule has 0 radical (unpaired) electrons. The lowest BCUT2D eigenvalue weighted by Gasteiger charge is -2.39. The number of carbonyl (C=O) groups excluding carboxylic acids is 3. The summed E-state index contributed by atoms with van der Waals surface area (Å²) in [7, 11) is 0. The Labute approximate surface area is 180 Å². The molecule has 3 amide bonds. The monoisotopic (exact) mass is 423 g/mol. The quantitative estimate of drug-likeness (QED) is 0.665. The minimum absolute atomic E-state index is 0.0769. The summed E-state index contributed by atoms with van der Waals surface area (Å²) in [5.41, 5.74) is 1.76. The number of hydrogen-bond acceptors (Lipinski definition) is 5. The van der Waals surface area contributed by atoms with E-state index >= 15 is 0 Å². The Morgan fingerprint density at radius 3 is 2.50 bits per heavy atom. The molecular weight excluding hydrogens is 398 g/mol. The highest BCUT2D eigenvalue weighted by atomic mass is 32.2. The number of fused-ring (bicyclic) bond motifs is 1. The smallest absolute Gasteiger partial charge is 0.262 e. The van der Waals surface area contributed by atoms with Gasteiger partial charge in [-0.1, -0.05) is 18.2 Å². The lowest BCUT2D eigenvalue weighted by atomic mass is 9.95. The summed E-state index contributed by atoms with van der Waals surface area (Å²) in [4.78, 5) is 47.2. The molecule has 2 aliphatic heterocycles. The Morgan fingerprint density at radius 2 is 1.87 bits per heavy atom. The number of amides is 3. The van der Waals surface area contributed by atoms with E-state index in [2.05, 4.69) is 4.98 Å². The standard InChI is InChI=1S/C23H25N3O3S/c1-30-14-11-20(26-21(27)17-8-2-3-9-18(17)22(26)28)23(29)25-13-5-4-10-19(25)16-7-6-12-24-15-16/h2-3,6-9,12,15,19-20H,4-5,10-11,13-14H2,1H3/t19-,20-/m0/s1. The van der Waals surface area contributed by atoms with Crippen molar-refractivity contribution < 1.29 is 14.4 Å². The molecule has 4 rings (SSSR count). The summed E-state index contributed by atoms with van der Waals surface area (Å²) in [6.07, 6.45) is 8.74. The fourth-order valence-corrected chi connectivity index (χ4v) is 4.85. The number of pyridine rings is 1. The van der Waals surface area contributed by atoms with Crippen molar-refractivity contribution in [2.24, 2.45) is 0 Å². The van der Waals surface area contributed by atoms with Crippen LogP contribution in [0.15, 0.2) is 48.8 Å². The molecule has 2 aromatic rings. The van der Waals surface area contributed by atoms with Gasteiger partial charge in [0.2, 0.25) is 5.91 Å². The average Bonchev–Trinajstić information content (AvgIpc) is 3.05. The maximum absolute atomic E-state index is 13.8. The minimum Gasteiger partial charge on any atom is -0.334 e. The largest absolute Gasteiger partial charge is 0.334 e. The van der Waals surface area contributed by atoms with Gasteiger partial charge in [-0.25, -0.2) is 0 Å². The van der Waals surface area contributed by atoms with Gasteiger partial charge in [0.25, 0.3) is 11.8 Å². The van der Waals surface area contributed by atoms with E-state index in [0.29, 0.717) is 29.8 Å². The molecule has 2 atom stereocenters. The molecule has 1 aromatic heterocycles. The number of aromatic nitrogens is 1. The molecule has 6 nitrogen and oxygen atoms in total. The number of benzene rings is 1. The normalized spacial score (nSPS) is 19.7. The van der Waals surface area contributed by atoms with Crippen LogP contribution in [0.2, 0.25) is 0 Å². The van der Waals surface area contributed by atoms with Crippen LogP contribution in [0, 0.1) is 0 Å². The van der Waals surface area contributed by atoms with E-state index in [4.69, 9.17) is 0 Å². The summed E-state index contributed by atoms with van der Waals surface area (Å²) < 4.78 is 0. The first-order valence-corrected chi connectivity index (χ1v) is 11.7. The maximum atomic E-state index is 13.8. The minimum atomic E-state index is -0.790. The number of imide groups is 1. The average molecular weight is 424 g/mol. The van der Waals surface area contributed by atoms with Gasteiger partial charge >= 0.3 is 0 Å². The molecule has 1 aromatic carbocycles. The topological polar surface area (TPSA) is 70.6 Å². The molecule has 2 aliphatic rings. The number of piperidine rings is 1. The molecule has 0 N–H and O–H groups in total. The molecule has 1 saturated heterocycles. The van der Waals surface area contributed by atoms with E-state index in [1.165, 1.54) is 4.90 Å². The Balaban J connectivity index is 1.66. The van der Waals surface area contributed by atoms with Crippen LogP contribution >= 0.6 is 11.8 Å². The summed E-state index contributed by atoms with van der Waals surface area (Å²) in [6, 6.07) is 9.80. The van der Waals surface area contributed by atoms with Crippen LogP contribution in [-0.4, -0.2) is 57.1 Å². The van der Waals surface area contributed by atoms with Crippen molar-refractivity contribution in [1.82, 2.24) is 14.8 Å². The summed E-state index contributed by atoms with van der Waals surface area (Å²) in [5.74, 6) is -0.197. The van der Waals surface area contributed by atoms with Gasteiger partial charge in [-0.05, 0) is 61.5 Å². The van der Waals surface area contributed by atoms with E-state index in [1.807, 2.05) is 23.3 Å². The van der Waals surface area contributed by atoms with Gasteiger partial charge < -0.3 is 4.90 Å². The highest BCUT2D eigenvalue weighted by Gasteiger charge is 2.44. The van der Waals surface area contributed by atoms with Crippen molar-refractivity contribution in [3.8, 4) is 0 Å². The van der Waals surface area contributed by atoms with Crippen molar-refractivity contribution in [3.63, 3.8) is 0 Å². The van der Waals surface area contributed by atoms with Crippen molar-refractivity contribution in [2.75, 3.05) is 18.6 Å². The molecule has 0 bridgehead atoms. The van der Waals surface area contributed by atoms with Gasteiger partial charge in [-0.2, -0.15) is 11.8 Å². The number of carbonyl (C=O) groups is 3. The second-order valence-electron chi connectivity index (χ2n) is 7.65. The zero-order valence-electron chi connectivity index (χ0n) is 17.0. The molecule has 1 fully saturated rings. The third-order valence-corrected chi connectivity index (χ3v) is 6.52. The van der Waals surface area contributed by atoms with E-state index in [0.717, 1.165) is 24.8 Å². The Morgan fingerprint density at radius 1 is 1.13 bits per heavy atom. The fraction of sp³-hybridized carbons (Fsp3) is 0.391. The van der Waals surface area contributed by atoms with Crippen LogP contribution < -0.4 is 0 Å². The van der Waals surface area contributed by atoms with E-state index in [1.54, 1.807) is 48.4 Å². The molecule has 0 spiro atoms. The molecule has 7 heteroatoms. The van der Waals surface area contributed by atoms with Gasteiger partial charge in [-0.15, -0.1) is 0 Å². The molecule has 0 unspecified atom stereocenters. The van der Waals surface area contributed by atoms with Gasteiger partial charge in [0, 0.05) is 18.9 Å². The van der Waals surface area contributed by atoms with Crippen molar-refractivity contribution in [2.45, 2.75) is 37.8 Å². The highest BCUT2D eigenvalue weighted by molar-refractivity contribution is 7.98.